The van der Waals surface area contributed by atoms with E-state index in [0.717, 1.165) is 0 Å². The van der Waals surface area contributed by atoms with Crippen molar-refractivity contribution < 1.29 is 38.5 Å². The lowest BCUT2D eigenvalue weighted by Crippen LogP contribution is -2.32. The van der Waals surface area contributed by atoms with Crippen LogP contribution in [0.1, 0.15) is 6.42 Å². The van der Waals surface area contributed by atoms with Gasteiger partial charge in [-0.1, -0.05) is 0 Å². The summed E-state index contributed by atoms with van der Waals surface area (Å²) < 4.78 is 15.0. The van der Waals surface area contributed by atoms with E-state index in [4.69, 9.17) is 19.3 Å². The van der Waals surface area contributed by atoms with Gasteiger partial charge in [0.2, 0.25) is 18.2 Å². The van der Waals surface area contributed by atoms with E-state index >= 15 is 0 Å². The van der Waals surface area contributed by atoms with Crippen LogP contribution in [0.3, 0.4) is 0 Å². The zero-order valence-corrected chi connectivity index (χ0v) is 14.0. The van der Waals surface area contributed by atoms with Crippen molar-refractivity contribution in [2.24, 2.45) is 0 Å². The Bertz CT molecular complexity index is 406. The van der Waals surface area contributed by atoms with E-state index < -0.39 is 12.6 Å². The van der Waals surface area contributed by atoms with Gasteiger partial charge in [0.1, 0.15) is 13.2 Å². The fourth-order valence-electron chi connectivity index (χ4n) is 1.45. The molecule has 4 N–H and O–H groups in total. The zero-order chi connectivity index (χ0) is 18.8. The molecular formula is C14H25N3O8. The highest BCUT2D eigenvalue weighted by Crippen LogP contribution is 1.81. The number of ether oxygens (including phenoxy) is 3. The normalized spacial score (nSPS) is 10.1. The van der Waals surface area contributed by atoms with Gasteiger partial charge in [0.15, 0.2) is 0 Å². The second kappa shape index (κ2) is 16.6. The summed E-state index contributed by atoms with van der Waals surface area (Å²) in [6.07, 6.45) is 0.738. The van der Waals surface area contributed by atoms with Crippen molar-refractivity contribution in [3.63, 3.8) is 0 Å². The lowest BCUT2D eigenvalue weighted by atomic mass is 10.4. The maximum Gasteiger partial charge on any atom is 0.329 e. The fourth-order valence-corrected chi connectivity index (χ4v) is 1.45. The van der Waals surface area contributed by atoms with E-state index in [-0.39, 0.29) is 57.8 Å². The van der Waals surface area contributed by atoms with Crippen LogP contribution in [0.2, 0.25) is 0 Å². The number of hydrogen-bond acceptors (Lipinski definition) is 7. The molecule has 11 heteroatoms. The topological polar surface area (TPSA) is 152 Å². The molecule has 0 aliphatic carbocycles. The highest BCUT2D eigenvalue weighted by Gasteiger charge is 2.02. The highest BCUT2D eigenvalue weighted by molar-refractivity contribution is 5.77. The zero-order valence-electron chi connectivity index (χ0n) is 14.0. The lowest BCUT2D eigenvalue weighted by Gasteiger charge is -2.08. The molecule has 0 unspecified atom stereocenters. The van der Waals surface area contributed by atoms with Gasteiger partial charge in [-0.2, -0.15) is 0 Å². The molecule has 0 radical (unpaired) electrons. The molecule has 25 heavy (non-hydrogen) atoms. The van der Waals surface area contributed by atoms with Crippen molar-refractivity contribution in [3.05, 3.63) is 0 Å². The predicted molar refractivity (Wildman–Crippen MR) is 84.8 cm³/mol. The van der Waals surface area contributed by atoms with E-state index in [0.29, 0.717) is 19.6 Å². The minimum absolute atomic E-state index is 0.109. The summed E-state index contributed by atoms with van der Waals surface area (Å²) in [5, 5.41) is 15.8. The van der Waals surface area contributed by atoms with Gasteiger partial charge < -0.3 is 35.3 Å². The number of carboxylic acids is 1. The Morgan fingerprint density at radius 2 is 1.40 bits per heavy atom. The monoisotopic (exact) mass is 363 g/mol. The van der Waals surface area contributed by atoms with Gasteiger partial charge in [0.05, 0.1) is 26.4 Å². The number of nitrogens with one attached hydrogen (secondary N) is 3. The molecule has 0 aliphatic rings. The SMILES string of the molecule is O=CNCCC(=O)NCCOCCOCC(=O)NCCOCC(=O)O. The Balaban J connectivity index is 3.29. The molecule has 0 aromatic heterocycles. The van der Waals surface area contributed by atoms with Gasteiger partial charge in [0.25, 0.3) is 0 Å². The third-order valence-corrected chi connectivity index (χ3v) is 2.55. The number of carbonyl (C=O) groups excluding carboxylic acids is 3. The molecule has 0 atom stereocenters. The molecule has 0 aromatic rings. The Hall–Kier alpha value is -2.24. The first-order valence-corrected chi connectivity index (χ1v) is 7.71. The van der Waals surface area contributed by atoms with Gasteiger partial charge in [-0.3, -0.25) is 14.4 Å². The molecule has 3 amide bonds. The minimum atomic E-state index is -1.07. The quantitative estimate of drug-likeness (QED) is 0.163. The van der Waals surface area contributed by atoms with Crippen molar-refractivity contribution in [1.82, 2.24) is 16.0 Å². The maximum atomic E-state index is 11.3. The molecule has 144 valence electrons. The average Bonchev–Trinajstić information content (AvgIpc) is 2.57. The fraction of sp³-hybridized carbons (Fsp3) is 0.714. The van der Waals surface area contributed by atoms with Crippen molar-refractivity contribution >= 4 is 24.2 Å². The number of hydrogen-bond donors (Lipinski definition) is 4. The number of rotatable bonds is 17. The van der Waals surface area contributed by atoms with Crippen LogP contribution < -0.4 is 16.0 Å². The number of carboxylic acid groups (broad SMARTS) is 1. The Labute approximate surface area is 145 Å². The average molecular weight is 363 g/mol. The van der Waals surface area contributed by atoms with E-state index in [1.165, 1.54) is 0 Å². The number of aliphatic carboxylic acids is 1. The van der Waals surface area contributed by atoms with Crippen LogP contribution in [0.15, 0.2) is 0 Å². The molecule has 0 saturated heterocycles. The van der Waals surface area contributed by atoms with E-state index in [1.807, 2.05) is 0 Å². The summed E-state index contributed by atoms with van der Waals surface area (Å²) in [6.45, 7) is 1.21. The Morgan fingerprint density at radius 3 is 2.08 bits per heavy atom. The molecule has 0 fully saturated rings. The van der Waals surface area contributed by atoms with Crippen molar-refractivity contribution in [3.8, 4) is 0 Å². The summed E-state index contributed by atoms with van der Waals surface area (Å²) in [6, 6.07) is 0. The van der Waals surface area contributed by atoms with Crippen LogP contribution in [0, 0.1) is 0 Å². The van der Waals surface area contributed by atoms with Crippen LogP contribution in [0.4, 0.5) is 0 Å². The summed E-state index contributed by atoms with van der Waals surface area (Å²) in [5.74, 6) is -1.59. The van der Waals surface area contributed by atoms with Crippen molar-refractivity contribution in [2.45, 2.75) is 6.42 Å². The molecule has 0 aromatic carbocycles. The molecule has 0 heterocycles. The summed E-state index contributed by atoms with van der Waals surface area (Å²) in [7, 11) is 0. The van der Waals surface area contributed by atoms with Gasteiger partial charge in [-0.05, 0) is 0 Å². The summed E-state index contributed by atoms with van der Waals surface area (Å²) in [4.78, 5) is 42.8. The van der Waals surface area contributed by atoms with Crippen LogP contribution in [0.25, 0.3) is 0 Å². The largest absolute Gasteiger partial charge is 0.480 e. The molecular weight excluding hydrogens is 338 g/mol. The van der Waals surface area contributed by atoms with Gasteiger partial charge in [-0.15, -0.1) is 0 Å². The third kappa shape index (κ3) is 17.9. The minimum Gasteiger partial charge on any atom is -0.480 e. The molecule has 0 saturated carbocycles. The Morgan fingerprint density at radius 1 is 0.800 bits per heavy atom. The van der Waals surface area contributed by atoms with Crippen molar-refractivity contribution in [1.29, 1.82) is 0 Å². The van der Waals surface area contributed by atoms with E-state index in [1.54, 1.807) is 0 Å². The van der Waals surface area contributed by atoms with Crippen LogP contribution in [0.5, 0.6) is 0 Å². The first-order chi connectivity index (χ1) is 12.1. The predicted octanol–water partition coefficient (Wildman–Crippen LogP) is -2.51. The molecule has 11 nitrogen and oxygen atoms in total. The number of carbonyl (C=O) groups is 4. The van der Waals surface area contributed by atoms with E-state index in [9.17, 15) is 19.2 Å². The Kier molecular flexibility index (Phi) is 15.1. The smallest absolute Gasteiger partial charge is 0.329 e. The first-order valence-electron chi connectivity index (χ1n) is 7.71. The first kappa shape index (κ1) is 22.8. The van der Waals surface area contributed by atoms with Crippen LogP contribution in [-0.2, 0) is 33.4 Å². The van der Waals surface area contributed by atoms with Crippen LogP contribution in [-0.4, -0.2) is 88.6 Å². The number of amides is 3. The van der Waals surface area contributed by atoms with Gasteiger partial charge >= 0.3 is 5.97 Å². The third-order valence-electron chi connectivity index (χ3n) is 2.55. The molecule has 0 aliphatic heterocycles. The lowest BCUT2D eigenvalue weighted by molar-refractivity contribution is -0.142. The maximum absolute atomic E-state index is 11.3. The highest BCUT2D eigenvalue weighted by atomic mass is 16.5. The van der Waals surface area contributed by atoms with Gasteiger partial charge in [-0.25, -0.2) is 4.79 Å². The molecule has 0 rings (SSSR count). The standard InChI is InChI=1S/C14H25N3O8/c18-11-15-2-1-12(19)16-3-5-23-7-8-25-9-13(20)17-4-6-24-10-14(21)22/h11H,1-10H2,(H,15,18)(H,16,19)(H,17,20)(H,21,22). The summed E-state index contributed by atoms with van der Waals surface area (Å²) in [5.41, 5.74) is 0. The van der Waals surface area contributed by atoms with Crippen LogP contribution >= 0.6 is 0 Å². The second-order valence-corrected chi connectivity index (χ2v) is 4.63. The van der Waals surface area contributed by atoms with Gasteiger partial charge in [0, 0.05) is 26.1 Å². The molecule has 0 bridgehead atoms. The van der Waals surface area contributed by atoms with Crippen molar-refractivity contribution in [2.75, 3.05) is 59.3 Å². The second-order valence-electron chi connectivity index (χ2n) is 4.63. The molecule has 0 spiro atoms. The summed E-state index contributed by atoms with van der Waals surface area (Å²) >= 11 is 0. The van der Waals surface area contributed by atoms with E-state index in [2.05, 4.69) is 16.0 Å².